The van der Waals surface area contributed by atoms with E-state index in [2.05, 4.69) is 153 Å². The Hall–Kier alpha value is -5.41. The van der Waals surface area contributed by atoms with Gasteiger partial charge in [-0.1, -0.05) is 141 Å². The SMILES string of the molecule is CC1(C)c2ccccc2Oc2cc(-c3ccc(C4N=C(c5ccc(-c6ccccc6)cc5)c5ccccc5N4)cc3)ccc21. The zero-order valence-electron chi connectivity index (χ0n) is 24.8. The fourth-order valence-electron chi connectivity index (χ4n) is 6.53. The Labute approximate surface area is 258 Å². The Bertz CT molecular complexity index is 2020. The van der Waals surface area contributed by atoms with Crippen molar-refractivity contribution < 1.29 is 4.74 Å². The lowest BCUT2D eigenvalue weighted by atomic mass is 9.75. The van der Waals surface area contributed by atoms with Crippen molar-refractivity contribution in [3.05, 3.63) is 173 Å². The van der Waals surface area contributed by atoms with Gasteiger partial charge in [-0.3, -0.25) is 4.99 Å². The summed E-state index contributed by atoms with van der Waals surface area (Å²) < 4.78 is 6.39. The molecule has 6 aromatic rings. The Morgan fingerprint density at radius 2 is 1.14 bits per heavy atom. The molecule has 0 saturated heterocycles. The van der Waals surface area contributed by atoms with Crippen LogP contribution in [0, 0.1) is 0 Å². The summed E-state index contributed by atoms with van der Waals surface area (Å²) >= 11 is 0. The van der Waals surface area contributed by atoms with E-state index in [1.165, 1.54) is 22.3 Å². The largest absolute Gasteiger partial charge is 0.457 e. The zero-order valence-corrected chi connectivity index (χ0v) is 24.8. The van der Waals surface area contributed by atoms with Gasteiger partial charge in [-0.25, -0.2) is 0 Å². The normalized spacial score (nSPS) is 16.0. The van der Waals surface area contributed by atoms with Crippen LogP contribution in [0.25, 0.3) is 22.3 Å². The predicted octanol–water partition coefficient (Wildman–Crippen LogP) is 10.4. The van der Waals surface area contributed by atoms with E-state index in [0.29, 0.717) is 0 Å². The highest BCUT2D eigenvalue weighted by Gasteiger charge is 2.34. The molecule has 2 heterocycles. The van der Waals surface area contributed by atoms with Crippen molar-refractivity contribution in [2.24, 2.45) is 4.99 Å². The first-order valence-electron chi connectivity index (χ1n) is 15.2. The summed E-state index contributed by atoms with van der Waals surface area (Å²) in [6.45, 7) is 4.53. The molecule has 1 atom stereocenters. The maximum Gasteiger partial charge on any atom is 0.145 e. The summed E-state index contributed by atoms with van der Waals surface area (Å²) in [5, 5.41) is 3.66. The maximum absolute atomic E-state index is 6.39. The molecule has 0 bridgehead atoms. The van der Waals surface area contributed by atoms with E-state index in [0.717, 1.165) is 50.7 Å². The minimum atomic E-state index is -0.188. The third-order valence-electron chi connectivity index (χ3n) is 8.99. The van der Waals surface area contributed by atoms with Gasteiger partial charge in [0.05, 0.1) is 5.71 Å². The maximum atomic E-state index is 6.39. The number of para-hydroxylation sites is 2. The molecule has 0 amide bonds. The summed E-state index contributed by atoms with van der Waals surface area (Å²) in [6.07, 6.45) is -0.188. The van der Waals surface area contributed by atoms with Crippen LogP contribution in [0.1, 0.15) is 47.8 Å². The molecule has 0 saturated carbocycles. The van der Waals surface area contributed by atoms with Gasteiger partial charge < -0.3 is 10.1 Å². The van der Waals surface area contributed by atoms with E-state index in [9.17, 15) is 0 Å². The first-order valence-corrected chi connectivity index (χ1v) is 15.2. The van der Waals surface area contributed by atoms with Crippen LogP contribution < -0.4 is 10.1 Å². The number of nitrogens with one attached hydrogen (secondary N) is 1. The second kappa shape index (κ2) is 10.4. The number of anilines is 1. The zero-order chi connectivity index (χ0) is 29.7. The summed E-state index contributed by atoms with van der Waals surface area (Å²) in [6, 6.07) is 51.3. The highest BCUT2D eigenvalue weighted by atomic mass is 16.5. The molecular formula is C41H32N2O. The van der Waals surface area contributed by atoms with Crippen molar-refractivity contribution in [3.8, 4) is 33.8 Å². The molecule has 1 unspecified atom stereocenters. The van der Waals surface area contributed by atoms with E-state index >= 15 is 0 Å². The van der Waals surface area contributed by atoms with Crippen LogP contribution in [0.4, 0.5) is 5.69 Å². The summed E-state index contributed by atoms with van der Waals surface area (Å²) in [4.78, 5) is 5.25. The monoisotopic (exact) mass is 568 g/mol. The number of nitrogens with zero attached hydrogens (tertiary/aromatic N) is 1. The van der Waals surface area contributed by atoms with Gasteiger partial charge in [-0.05, 0) is 46.0 Å². The Kier molecular flexibility index (Phi) is 6.20. The molecule has 44 heavy (non-hydrogen) atoms. The van der Waals surface area contributed by atoms with Crippen molar-refractivity contribution >= 4 is 11.4 Å². The van der Waals surface area contributed by atoms with Gasteiger partial charge in [0.25, 0.3) is 0 Å². The van der Waals surface area contributed by atoms with Crippen LogP contribution in [0.3, 0.4) is 0 Å². The van der Waals surface area contributed by atoms with E-state index in [4.69, 9.17) is 9.73 Å². The van der Waals surface area contributed by atoms with Gasteiger partial charge in [0.2, 0.25) is 0 Å². The van der Waals surface area contributed by atoms with Crippen LogP contribution in [-0.2, 0) is 5.41 Å². The second-order valence-corrected chi connectivity index (χ2v) is 12.1. The quantitative estimate of drug-likeness (QED) is 0.229. The van der Waals surface area contributed by atoms with Crippen molar-refractivity contribution in [3.63, 3.8) is 0 Å². The number of hydrogen-bond donors (Lipinski definition) is 1. The number of fused-ring (bicyclic) bond motifs is 3. The Morgan fingerprint density at radius 3 is 1.95 bits per heavy atom. The number of ether oxygens (including phenoxy) is 1. The van der Waals surface area contributed by atoms with Crippen LogP contribution in [0.15, 0.2) is 151 Å². The molecule has 8 rings (SSSR count). The van der Waals surface area contributed by atoms with Crippen molar-refractivity contribution in [1.29, 1.82) is 0 Å². The molecule has 1 N–H and O–H groups in total. The summed E-state index contributed by atoms with van der Waals surface area (Å²) in [7, 11) is 0. The molecule has 0 aliphatic carbocycles. The van der Waals surface area contributed by atoms with Gasteiger partial charge in [-0.2, -0.15) is 0 Å². The molecule has 3 heteroatoms. The molecule has 212 valence electrons. The van der Waals surface area contributed by atoms with Gasteiger partial charge in [0.1, 0.15) is 17.7 Å². The number of hydrogen-bond acceptors (Lipinski definition) is 3. The lowest BCUT2D eigenvalue weighted by Crippen LogP contribution is -2.24. The minimum absolute atomic E-state index is 0.118. The third-order valence-corrected chi connectivity index (χ3v) is 8.99. The van der Waals surface area contributed by atoms with Crippen molar-refractivity contribution in [2.45, 2.75) is 25.4 Å². The fourth-order valence-corrected chi connectivity index (χ4v) is 6.53. The molecular weight excluding hydrogens is 536 g/mol. The van der Waals surface area contributed by atoms with Gasteiger partial charge in [0, 0.05) is 33.4 Å². The number of benzene rings is 6. The number of aliphatic imine (C=N–C) groups is 1. The van der Waals surface area contributed by atoms with E-state index in [1.807, 2.05) is 12.1 Å². The highest BCUT2D eigenvalue weighted by molar-refractivity contribution is 6.17. The molecule has 6 aromatic carbocycles. The highest BCUT2D eigenvalue weighted by Crippen LogP contribution is 2.48. The topological polar surface area (TPSA) is 33.6 Å². The van der Waals surface area contributed by atoms with Crippen molar-refractivity contribution in [1.82, 2.24) is 0 Å². The average Bonchev–Trinajstić information content (AvgIpc) is 3.08. The van der Waals surface area contributed by atoms with Crippen LogP contribution in [0.5, 0.6) is 11.5 Å². The predicted molar refractivity (Wildman–Crippen MR) is 181 cm³/mol. The molecule has 0 radical (unpaired) electrons. The number of rotatable bonds is 4. The third kappa shape index (κ3) is 4.49. The lowest BCUT2D eigenvalue weighted by molar-refractivity contribution is 0.418. The fraction of sp³-hybridized carbons (Fsp3) is 0.0976. The van der Waals surface area contributed by atoms with Crippen LogP contribution >= 0.6 is 0 Å². The first kappa shape index (κ1) is 26.2. The lowest BCUT2D eigenvalue weighted by Gasteiger charge is -2.34. The summed E-state index contributed by atoms with van der Waals surface area (Å²) in [5.41, 5.74) is 12.4. The average molecular weight is 569 g/mol. The van der Waals surface area contributed by atoms with Gasteiger partial charge in [0.15, 0.2) is 0 Å². The molecule has 0 spiro atoms. The van der Waals surface area contributed by atoms with Crippen LogP contribution in [-0.4, -0.2) is 5.71 Å². The van der Waals surface area contributed by atoms with E-state index in [-0.39, 0.29) is 11.6 Å². The van der Waals surface area contributed by atoms with E-state index < -0.39 is 0 Å². The van der Waals surface area contributed by atoms with Crippen molar-refractivity contribution in [2.75, 3.05) is 5.32 Å². The van der Waals surface area contributed by atoms with Gasteiger partial charge in [-0.15, -0.1) is 0 Å². The molecule has 2 aliphatic rings. The minimum Gasteiger partial charge on any atom is -0.457 e. The van der Waals surface area contributed by atoms with Crippen LogP contribution in [0.2, 0.25) is 0 Å². The smallest absolute Gasteiger partial charge is 0.145 e. The molecule has 0 fully saturated rings. The Balaban J connectivity index is 1.10. The molecule has 3 nitrogen and oxygen atoms in total. The second-order valence-electron chi connectivity index (χ2n) is 12.1. The van der Waals surface area contributed by atoms with E-state index in [1.54, 1.807) is 0 Å². The molecule has 0 aromatic heterocycles. The van der Waals surface area contributed by atoms with Gasteiger partial charge >= 0.3 is 0 Å². The molecule has 2 aliphatic heterocycles. The standard InChI is InChI=1S/C41H32N2O/c1-41(2)34-13-7-9-15-37(34)44-38-26-32(24-25-35(38)41)29-18-22-31(23-19-29)40-42-36-14-8-6-12-33(36)39(43-40)30-20-16-28(17-21-30)27-10-4-3-5-11-27/h3-26,40,42H,1-2H3. The first-order chi connectivity index (χ1) is 21.5. The Morgan fingerprint density at radius 1 is 0.545 bits per heavy atom. The summed E-state index contributed by atoms with van der Waals surface area (Å²) in [5.74, 6) is 1.86.